The molecule has 114 valence electrons. The van der Waals surface area contributed by atoms with E-state index < -0.39 is 32.6 Å². The van der Waals surface area contributed by atoms with Crippen LogP contribution in [0.3, 0.4) is 0 Å². The molecule has 0 aliphatic rings. The van der Waals surface area contributed by atoms with Gasteiger partial charge in [-0.3, -0.25) is 0 Å². The van der Waals surface area contributed by atoms with Crippen LogP contribution in [0.4, 0.5) is 8.78 Å². The smallest absolute Gasteiger partial charge is 0.244 e. The first-order valence-corrected chi connectivity index (χ1v) is 8.45. The van der Waals surface area contributed by atoms with E-state index >= 15 is 0 Å². The van der Waals surface area contributed by atoms with E-state index in [1.807, 2.05) is 0 Å². The monoisotopic (exact) mass is 332 g/mol. The van der Waals surface area contributed by atoms with Crippen LogP contribution in [0.2, 0.25) is 0 Å². The van der Waals surface area contributed by atoms with Crippen LogP contribution in [-0.2, 0) is 16.6 Å². The predicted octanol–water partition coefficient (Wildman–Crippen LogP) is 2.52. The quantitative estimate of drug-likeness (QED) is 0.884. The summed E-state index contributed by atoms with van der Waals surface area (Å²) in [7, 11) is -4.19. The zero-order valence-electron chi connectivity index (χ0n) is 11.1. The number of thiophene rings is 1. The Hall–Kier alpha value is -1.35. The molecule has 2 rings (SSSR count). The molecule has 0 aliphatic heterocycles. The molecule has 0 bridgehead atoms. The molecule has 1 unspecified atom stereocenters. The molecule has 0 saturated carbocycles. The van der Waals surface area contributed by atoms with E-state index in [2.05, 4.69) is 4.72 Å². The highest BCUT2D eigenvalue weighted by Crippen LogP contribution is 2.24. The first kappa shape index (κ1) is 16.0. The van der Waals surface area contributed by atoms with Gasteiger partial charge in [0, 0.05) is 11.4 Å². The molecule has 0 radical (unpaired) electrons. The normalized spacial score (nSPS) is 13.3. The molecule has 1 aromatic heterocycles. The molecule has 8 heteroatoms. The summed E-state index contributed by atoms with van der Waals surface area (Å²) in [4.78, 5) is 0.0424. The van der Waals surface area contributed by atoms with Crippen molar-refractivity contribution < 1.29 is 17.2 Å². The Morgan fingerprint density at radius 3 is 2.67 bits per heavy atom. The zero-order chi connectivity index (χ0) is 15.6. The van der Waals surface area contributed by atoms with Crippen molar-refractivity contribution in [2.75, 3.05) is 0 Å². The minimum absolute atomic E-state index is 0.0831. The van der Waals surface area contributed by atoms with E-state index in [1.165, 1.54) is 11.3 Å². The van der Waals surface area contributed by atoms with E-state index in [1.54, 1.807) is 24.4 Å². The number of nitrogens with two attached hydrogens (primary N) is 1. The first-order valence-electron chi connectivity index (χ1n) is 6.09. The van der Waals surface area contributed by atoms with Crippen molar-refractivity contribution in [1.82, 2.24) is 4.72 Å². The number of nitrogens with one attached hydrogen (secondary N) is 1. The van der Waals surface area contributed by atoms with Gasteiger partial charge in [0.25, 0.3) is 0 Å². The van der Waals surface area contributed by atoms with Gasteiger partial charge >= 0.3 is 0 Å². The second-order valence-electron chi connectivity index (χ2n) is 4.45. The molecule has 0 aliphatic carbocycles. The lowest BCUT2D eigenvalue weighted by molar-refractivity contribution is 0.480. The average molecular weight is 332 g/mol. The van der Waals surface area contributed by atoms with Crippen molar-refractivity contribution in [2.24, 2.45) is 5.73 Å². The summed E-state index contributed by atoms with van der Waals surface area (Å²) in [6, 6.07) is 4.92. The van der Waals surface area contributed by atoms with Crippen molar-refractivity contribution >= 4 is 21.4 Å². The van der Waals surface area contributed by atoms with Crippen LogP contribution in [-0.4, -0.2) is 8.42 Å². The Kier molecular flexibility index (Phi) is 4.72. The Morgan fingerprint density at radius 1 is 1.38 bits per heavy atom. The molecule has 0 amide bonds. The van der Waals surface area contributed by atoms with Gasteiger partial charge in [0.15, 0.2) is 11.6 Å². The van der Waals surface area contributed by atoms with Crippen LogP contribution in [0.1, 0.15) is 23.4 Å². The third kappa shape index (κ3) is 3.46. The summed E-state index contributed by atoms with van der Waals surface area (Å²) < 4.78 is 54.0. The van der Waals surface area contributed by atoms with Gasteiger partial charge in [-0.1, -0.05) is 6.07 Å². The molecule has 1 atom stereocenters. The van der Waals surface area contributed by atoms with Gasteiger partial charge in [-0.05, 0) is 36.1 Å². The van der Waals surface area contributed by atoms with E-state index in [0.717, 1.165) is 17.0 Å². The number of sulfonamides is 1. The topological polar surface area (TPSA) is 72.2 Å². The highest BCUT2D eigenvalue weighted by atomic mass is 32.2. The van der Waals surface area contributed by atoms with Crippen molar-refractivity contribution in [3.8, 4) is 0 Å². The molecule has 2 aromatic rings. The molecule has 1 aromatic carbocycles. The molecule has 0 spiro atoms. The van der Waals surface area contributed by atoms with E-state index in [0.29, 0.717) is 0 Å². The lowest BCUT2D eigenvalue weighted by Crippen LogP contribution is -2.27. The second kappa shape index (κ2) is 6.18. The summed E-state index contributed by atoms with van der Waals surface area (Å²) in [5, 5.41) is 1.80. The minimum Gasteiger partial charge on any atom is -0.326 e. The van der Waals surface area contributed by atoms with Gasteiger partial charge in [-0.2, -0.15) is 0 Å². The number of hydrogen-bond acceptors (Lipinski definition) is 4. The van der Waals surface area contributed by atoms with Crippen LogP contribution >= 0.6 is 11.3 Å². The summed E-state index contributed by atoms with van der Waals surface area (Å²) in [6.45, 7) is 1.55. The van der Waals surface area contributed by atoms with Gasteiger partial charge in [-0.25, -0.2) is 21.9 Å². The summed E-state index contributed by atoms with van der Waals surface area (Å²) in [5.74, 6) is -2.64. The minimum atomic E-state index is -4.19. The molecule has 4 nitrogen and oxygen atoms in total. The van der Waals surface area contributed by atoms with Gasteiger partial charge in [0.05, 0.1) is 6.04 Å². The fourth-order valence-corrected chi connectivity index (χ4v) is 3.99. The highest BCUT2D eigenvalue weighted by Gasteiger charge is 2.25. The van der Waals surface area contributed by atoms with Crippen LogP contribution in [0.15, 0.2) is 34.5 Å². The Labute approximate surface area is 125 Å². The second-order valence-corrected chi connectivity index (χ2v) is 7.11. The van der Waals surface area contributed by atoms with Crippen LogP contribution in [0, 0.1) is 11.6 Å². The molecule has 21 heavy (non-hydrogen) atoms. The molecule has 1 heterocycles. The first-order chi connectivity index (χ1) is 9.85. The average Bonchev–Trinajstić information content (AvgIpc) is 2.95. The maximum atomic E-state index is 13.8. The third-order valence-corrected chi connectivity index (χ3v) is 5.48. The van der Waals surface area contributed by atoms with Gasteiger partial charge < -0.3 is 5.73 Å². The number of rotatable bonds is 5. The molecular weight excluding hydrogens is 318 g/mol. The van der Waals surface area contributed by atoms with Crippen molar-refractivity contribution in [3.63, 3.8) is 0 Å². The van der Waals surface area contributed by atoms with Crippen molar-refractivity contribution in [3.05, 3.63) is 51.7 Å². The van der Waals surface area contributed by atoms with Crippen LogP contribution < -0.4 is 10.5 Å². The summed E-state index contributed by atoms with van der Waals surface area (Å²) in [6.07, 6.45) is 0. The third-order valence-electron chi connectivity index (χ3n) is 2.88. The van der Waals surface area contributed by atoms with Gasteiger partial charge in [-0.15, -0.1) is 11.3 Å². The Balaban J connectivity index is 2.38. The maximum absolute atomic E-state index is 13.8. The number of hydrogen-bond donors (Lipinski definition) is 2. The van der Waals surface area contributed by atoms with E-state index in [9.17, 15) is 17.2 Å². The van der Waals surface area contributed by atoms with Gasteiger partial charge in [0.2, 0.25) is 10.0 Å². The molecule has 0 saturated heterocycles. The lowest BCUT2D eigenvalue weighted by atomic mass is 10.2. The van der Waals surface area contributed by atoms with Crippen molar-refractivity contribution in [2.45, 2.75) is 24.4 Å². The summed E-state index contributed by atoms with van der Waals surface area (Å²) >= 11 is 1.37. The Bertz CT molecular complexity index is 731. The van der Waals surface area contributed by atoms with Crippen LogP contribution in [0.25, 0.3) is 0 Å². The zero-order valence-corrected chi connectivity index (χ0v) is 12.8. The van der Waals surface area contributed by atoms with E-state index in [4.69, 9.17) is 5.73 Å². The standard InChI is InChI=1S/C13H14F2N2O2S2/c1-8(11-3-2-4-20-11)17-21(18,19)12-6-9(7-16)5-10(14)13(12)15/h2-6,8,17H,7,16H2,1H3. The summed E-state index contributed by atoms with van der Waals surface area (Å²) in [5.41, 5.74) is 5.56. The maximum Gasteiger partial charge on any atom is 0.244 e. The molecule has 3 N–H and O–H groups in total. The Morgan fingerprint density at radius 2 is 2.10 bits per heavy atom. The fourth-order valence-electron chi connectivity index (χ4n) is 1.82. The van der Waals surface area contributed by atoms with E-state index in [-0.39, 0.29) is 12.1 Å². The number of benzene rings is 1. The molecular formula is C13H14F2N2O2S2. The van der Waals surface area contributed by atoms with Crippen molar-refractivity contribution in [1.29, 1.82) is 0 Å². The van der Waals surface area contributed by atoms with Crippen LogP contribution in [0.5, 0.6) is 0 Å². The lowest BCUT2D eigenvalue weighted by Gasteiger charge is -2.14. The largest absolute Gasteiger partial charge is 0.326 e. The van der Waals surface area contributed by atoms with Gasteiger partial charge in [0.1, 0.15) is 4.90 Å². The predicted molar refractivity (Wildman–Crippen MR) is 77.3 cm³/mol. The highest BCUT2D eigenvalue weighted by molar-refractivity contribution is 7.89. The fraction of sp³-hybridized carbons (Fsp3) is 0.231. The molecule has 0 fully saturated rings. The number of halogens is 2. The SMILES string of the molecule is CC(NS(=O)(=O)c1cc(CN)cc(F)c1F)c1cccs1.